The van der Waals surface area contributed by atoms with E-state index in [1.54, 1.807) is 9.80 Å². The van der Waals surface area contributed by atoms with Crippen molar-refractivity contribution in [2.24, 2.45) is 5.73 Å². The number of aromatic nitrogens is 4. The van der Waals surface area contributed by atoms with Gasteiger partial charge < -0.3 is 15.5 Å². The normalized spacial score (nSPS) is 18.0. The second-order valence-corrected chi connectivity index (χ2v) is 5.58. The van der Waals surface area contributed by atoms with Gasteiger partial charge in [0.1, 0.15) is 6.04 Å². The lowest BCUT2D eigenvalue weighted by atomic mass is 10.0. The molecule has 0 aliphatic carbocycles. The SMILES string of the molecule is NCC(=O)N1CCN(Cc2nn[nH]n2)C(=O)[C@@H]1Cc1ccccc1. The highest BCUT2D eigenvalue weighted by molar-refractivity contribution is 5.89. The predicted molar refractivity (Wildman–Crippen MR) is 84.3 cm³/mol. The Morgan fingerprint density at radius 1 is 1.29 bits per heavy atom. The quantitative estimate of drug-likeness (QED) is 0.721. The van der Waals surface area contributed by atoms with E-state index in [0.29, 0.717) is 25.3 Å². The van der Waals surface area contributed by atoms with Crippen LogP contribution in [0.5, 0.6) is 0 Å². The molecule has 0 bridgehead atoms. The molecule has 0 unspecified atom stereocenters. The molecule has 1 atom stereocenters. The molecule has 24 heavy (non-hydrogen) atoms. The molecule has 9 nitrogen and oxygen atoms in total. The lowest BCUT2D eigenvalue weighted by Gasteiger charge is -2.40. The van der Waals surface area contributed by atoms with Crippen molar-refractivity contribution in [3.63, 3.8) is 0 Å². The Kier molecular flexibility index (Phi) is 4.80. The first kappa shape index (κ1) is 16.1. The summed E-state index contributed by atoms with van der Waals surface area (Å²) in [5.41, 5.74) is 6.49. The highest BCUT2D eigenvalue weighted by atomic mass is 16.2. The second-order valence-electron chi connectivity index (χ2n) is 5.58. The first-order valence-corrected chi connectivity index (χ1v) is 7.73. The number of carbonyl (C=O) groups excluding carboxylic acids is 2. The predicted octanol–water partition coefficient (Wildman–Crippen LogP) is -1.06. The average molecular weight is 329 g/mol. The van der Waals surface area contributed by atoms with E-state index in [2.05, 4.69) is 20.6 Å². The second kappa shape index (κ2) is 7.18. The van der Waals surface area contributed by atoms with Gasteiger partial charge in [-0.25, -0.2) is 0 Å². The Morgan fingerprint density at radius 2 is 2.08 bits per heavy atom. The van der Waals surface area contributed by atoms with Crippen LogP contribution in [0.2, 0.25) is 0 Å². The van der Waals surface area contributed by atoms with Crippen molar-refractivity contribution in [1.82, 2.24) is 30.4 Å². The van der Waals surface area contributed by atoms with Crippen LogP contribution < -0.4 is 5.73 Å². The van der Waals surface area contributed by atoms with Crippen LogP contribution in [0.3, 0.4) is 0 Å². The molecule has 1 fully saturated rings. The fourth-order valence-corrected chi connectivity index (χ4v) is 2.87. The van der Waals surface area contributed by atoms with E-state index < -0.39 is 6.04 Å². The summed E-state index contributed by atoms with van der Waals surface area (Å²) in [6, 6.07) is 9.05. The summed E-state index contributed by atoms with van der Waals surface area (Å²) in [7, 11) is 0. The van der Waals surface area contributed by atoms with Crippen LogP contribution in [-0.2, 0) is 22.6 Å². The van der Waals surface area contributed by atoms with Gasteiger partial charge in [-0.15, -0.1) is 10.2 Å². The summed E-state index contributed by atoms with van der Waals surface area (Å²) >= 11 is 0. The third-order valence-corrected chi connectivity index (χ3v) is 4.07. The average Bonchev–Trinajstić information content (AvgIpc) is 3.12. The molecule has 1 saturated heterocycles. The number of carbonyl (C=O) groups is 2. The van der Waals surface area contributed by atoms with Gasteiger partial charge in [0.05, 0.1) is 13.1 Å². The van der Waals surface area contributed by atoms with E-state index >= 15 is 0 Å². The molecule has 2 amide bonds. The molecule has 1 aromatic heterocycles. The molecule has 0 saturated carbocycles. The van der Waals surface area contributed by atoms with Gasteiger partial charge in [-0.3, -0.25) is 9.59 Å². The van der Waals surface area contributed by atoms with Crippen LogP contribution in [0.4, 0.5) is 0 Å². The van der Waals surface area contributed by atoms with Crippen LogP contribution in [0.1, 0.15) is 11.4 Å². The lowest BCUT2D eigenvalue weighted by molar-refractivity contribution is -0.151. The van der Waals surface area contributed by atoms with Gasteiger partial charge in [0.15, 0.2) is 5.82 Å². The third kappa shape index (κ3) is 3.40. The van der Waals surface area contributed by atoms with E-state index in [4.69, 9.17) is 5.73 Å². The number of piperazine rings is 1. The number of rotatable bonds is 5. The molecule has 1 aliphatic rings. The van der Waals surface area contributed by atoms with Crippen molar-refractivity contribution in [3.8, 4) is 0 Å². The molecule has 0 radical (unpaired) electrons. The fourth-order valence-electron chi connectivity index (χ4n) is 2.87. The summed E-state index contributed by atoms with van der Waals surface area (Å²) < 4.78 is 0. The smallest absolute Gasteiger partial charge is 0.246 e. The maximum absolute atomic E-state index is 12.9. The van der Waals surface area contributed by atoms with Gasteiger partial charge >= 0.3 is 0 Å². The number of hydrogen-bond acceptors (Lipinski definition) is 6. The van der Waals surface area contributed by atoms with Gasteiger partial charge in [-0.05, 0) is 5.56 Å². The number of amides is 2. The van der Waals surface area contributed by atoms with Crippen molar-refractivity contribution < 1.29 is 9.59 Å². The summed E-state index contributed by atoms with van der Waals surface area (Å²) in [5.74, 6) is 0.0978. The van der Waals surface area contributed by atoms with Gasteiger partial charge in [-0.2, -0.15) is 5.21 Å². The number of tetrazole rings is 1. The Bertz CT molecular complexity index is 689. The number of aromatic amines is 1. The Labute approximate surface area is 138 Å². The van der Waals surface area contributed by atoms with Gasteiger partial charge in [-0.1, -0.05) is 35.5 Å². The van der Waals surface area contributed by atoms with Gasteiger partial charge in [0, 0.05) is 19.5 Å². The minimum absolute atomic E-state index is 0.108. The molecule has 1 aromatic carbocycles. The molecular weight excluding hydrogens is 310 g/mol. The summed E-state index contributed by atoms with van der Waals surface area (Å²) in [4.78, 5) is 28.2. The van der Waals surface area contributed by atoms with Crippen LogP contribution in [0.15, 0.2) is 30.3 Å². The Hall–Kier alpha value is -2.81. The minimum atomic E-state index is -0.566. The molecule has 3 N–H and O–H groups in total. The van der Waals surface area contributed by atoms with Crippen molar-refractivity contribution in [2.75, 3.05) is 19.6 Å². The van der Waals surface area contributed by atoms with E-state index in [1.807, 2.05) is 30.3 Å². The number of hydrogen-bond donors (Lipinski definition) is 2. The third-order valence-electron chi connectivity index (χ3n) is 4.07. The first-order valence-electron chi connectivity index (χ1n) is 7.73. The van der Waals surface area contributed by atoms with Gasteiger partial charge in [0.2, 0.25) is 11.8 Å². The van der Waals surface area contributed by atoms with Crippen LogP contribution in [0, 0.1) is 0 Å². The number of nitrogens with two attached hydrogens (primary N) is 1. The van der Waals surface area contributed by atoms with E-state index in [0.717, 1.165) is 5.56 Å². The standard InChI is InChI=1S/C15H19N7O2/c16-9-14(23)22-7-6-21(10-13-17-19-20-18-13)15(24)12(22)8-11-4-2-1-3-5-11/h1-5,12H,6-10,16H2,(H,17,18,19,20)/t12-/m0/s1. The highest BCUT2D eigenvalue weighted by Gasteiger charge is 2.37. The monoisotopic (exact) mass is 329 g/mol. The van der Waals surface area contributed by atoms with E-state index in [-0.39, 0.29) is 24.9 Å². The van der Waals surface area contributed by atoms with Crippen molar-refractivity contribution >= 4 is 11.8 Å². The Balaban J connectivity index is 1.79. The molecule has 0 spiro atoms. The summed E-state index contributed by atoms with van der Waals surface area (Å²) in [6.07, 6.45) is 0.453. The molecule has 1 aliphatic heterocycles. The summed E-state index contributed by atoms with van der Waals surface area (Å²) in [6.45, 7) is 1.02. The van der Waals surface area contributed by atoms with Crippen LogP contribution in [-0.4, -0.2) is 67.9 Å². The van der Waals surface area contributed by atoms with Crippen molar-refractivity contribution in [2.45, 2.75) is 19.0 Å². The highest BCUT2D eigenvalue weighted by Crippen LogP contribution is 2.18. The molecule has 3 rings (SSSR count). The van der Waals surface area contributed by atoms with E-state index in [1.165, 1.54) is 0 Å². The topological polar surface area (TPSA) is 121 Å². The Morgan fingerprint density at radius 3 is 2.75 bits per heavy atom. The number of nitrogens with zero attached hydrogens (tertiary/aromatic N) is 5. The van der Waals surface area contributed by atoms with E-state index in [9.17, 15) is 9.59 Å². The maximum Gasteiger partial charge on any atom is 0.246 e. The summed E-state index contributed by atoms with van der Waals surface area (Å²) in [5, 5.41) is 13.6. The number of H-pyrrole nitrogens is 1. The van der Waals surface area contributed by atoms with Crippen molar-refractivity contribution in [3.05, 3.63) is 41.7 Å². The molecular formula is C15H19N7O2. The molecule has 2 aromatic rings. The number of benzene rings is 1. The maximum atomic E-state index is 12.9. The molecule has 126 valence electrons. The van der Waals surface area contributed by atoms with Crippen LogP contribution in [0.25, 0.3) is 0 Å². The van der Waals surface area contributed by atoms with Gasteiger partial charge in [0.25, 0.3) is 0 Å². The van der Waals surface area contributed by atoms with Crippen molar-refractivity contribution in [1.29, 1.82) is 0 Å². The zero-order valence-electron chi connectivity index (χ0n) is 13.1. The zero-order chi connectivity index (χ0) is 16.9. The number of nitrogens with one attached hydrogen (secondary N) is 1. The minimum Gasteiger partial charge on any atom is -0.331 e. The molecule has 2 heterocycles. The molecule has 9 heteroatoms. The zero-order valence-corrected chi connectivity index (χ0v) is 13.1. The largest absolute Gasteiger partial charge is 0.331 e. The lowest BCUT2D eigenvalue weighted by Crippen LogP contribution is -2.60. The fraction of sp³-hybridized carbons (Fsp3) is 0.400. The van der Waals surface area contributed by atoms with Crippen LogP contribution >= 0.6 is 0 Å². The first-order chi connectivity index (χ1) is 11.7.